The molecular weight excluding hydrogens is 230 g/mol. The number of benzene rings is 1. The van der Waals surface area contributed by atoms with Crippen LogP contribution in [0.5, 0.6) is 5.75 Å². The monoisotopic (exact) mass is 241 g/mol. The van der Waals surface area contributed by atoms with Crippen molar-refractivity contribution in [2.24, 2.45) is 0 Å². The van der Waals surface area contributed by atoms with E-state index >= 15 is 0 Å². The van der Waals surface area contributed by atoms with Crippen molar-refractivity contribution in [2.45, 2.75) is 0 Å². The van der Waals surface area contributed by atoms with Gasteiger partial charge < -0.3 is 9.47 Å². The second kappa shape index (κ2) is 5.19. The van der Waals surface area contributed by atoms with Crippen LogP contribution in [0.25, 0.3) is 6.08 Å². The van der Waals surface area contributed by atoms with Crippen molar-refractivity contribution in [1.82, 2.24) is 0 Å². The first-order valence-corrected chi connectivity index (χ1v) is 5.37. The fourth-order valence-electron chi connectivity index (χ4n) is 1.65. The maximum Gasteiger partial charge on any atom is 0.348 e. The van der Waals surface area contributed by atoms with Crippen LogP contribution in [-0.2, 0) is 9.53 Å². The Morgan fingerprint density at radius 2 is 2.28 bits per heavy atom. The molecule has 1 aliphatic heterocycles. The van der Waals surface area contributed by atoms with Gasteiger partial charge in [-0.05, 0) is 23.8 Å². The van der Waals surface area contributed by atoms with Gasteiger partial charge in [0.15, 0.2) is 0 Å². The van der Waals surface area contributed by atoms with Gasteiger partial charge in [0.25, 0.3) is 0 Å². The zero-order valence-corrected chi connectivity index (χ0v) is 9.84. The fourth-order valence-corrected chi connectivity index (χ4v) is 1.65. The second-order valence-corrected chi connectivity index (χ2v) is 3.71. The number of carbonyl (C=O) groups excluding carboxylic acids is 1. The molecule has 0 aromatic heterocycles. The van der Waals surface area contributed by atoms with Crippen LogP contribution in [0.4, 0.5) is 0 Å². The Morgan fingerprint density at radius 3 is 3.00 bits per heavy atom. The average molecular weight is 241 g/mol. The van der Waals surface area contributed by atoms with E-state index in [1.54, 1.807) is 0 Å². The summed E-state index contributed by atoms with van der Waals surface area (Å²) in [5.41, 5.74) is 1.65. The fraction of sp³-hybridized carbons (Fsp3) is 0.143. The van der Waals surface area contributed by atoms with Gasteiger partial charge in [0.05, 0.1) is 7.11 Å². The van der Waals surface area contributed by atoms with E-state index in [1.807, 2.05) is 36.4 Å². The highest BCUT2D eigenvalue weighted by molar-refractivity contribution is 5.93. The molecule has 1 aromatic rings. The lowest BCUT2D eigenvalue weighted by Crippen LogP contribution is -2.08. The van der Waals surface area contributed by atoms with Gasteiger partial charge in [0.2, 0.25) is 0 Å². The summed E-state index contributed by atoms with van der Waals surface area (Å²) in [7, 11) is 1.24. The number of hydrogen-bond donors (Lipinski definition) is 0. The number of ether oxygens (including phenoxy) is 2. The number of nitrogens with zero attached hydrogens (tertiary/aromatic N) is 1. The highest BCUT2D eigenvalue weighted by atomic mass is 16.5. The van der Waals surface area contributed by atoms with E-state index in [-0.39, 0.29) is 5.57 Å². The van der Waals surface area contributed by atoms with Crippen LogP contribution < -0.4 is 4.74 Å². The number of hydrogen-bond acceptors (Lipinski definition) is 4. The Hall–Kier alpha value is -2.54. The van der Waals surface area contributed by atoms with E-state index in [2.05, 4.69) is 4.74 Å². The van der Waals surface area contributed by atoms with Crippen molar-refractivity contribution in [3.05, 3.63) is 47.1 Å². The minimum Gasteiger partial charge on any atom is -0.488 e. The molecule has 0 spiro atoms. The summed E-state index contributed by atoms with van der Waals surface area (Å²) < 4.78 is 10.0. The van der Waals surface area contributed by atoms with Crippen LogP contribution in [0, 0.1) is 11.3 Å². The third kappa shape index (κ3) is 2.41. The molecule has 2 rings (SSSR count). The zero-order chi connectivity index (χ0) is 13.0. The number of para-hydroxylation sites is 1. The van der Waals surface area contributed by atoms with E-state index < -0.39 is 5.97 Å². The van der Waals surface area contributed by atoms with Gasteiger partial charge in [-0.25, -0.2) is 4.79 Å². The molecule has 0 bridgehead atoms. The Morgan fingerprint density at radius 1 is 1.50 bits per heavy atom. The van der Waals surface area contributed by atoms with E-state index in [9.17, 15) is 4.79 Å². The quantitative estimate of drug-likeness (QED) is 0.452. The molecular formula is C14H11NO3. The van der Waals surface area contributed by atoms with Crippen molar-refractivity contribution < 1.29 is 14.3 Å². The molecule has 0 atom stereocenters. The smallest absolute Gasteiger partial charge is 0.348 e. The summed E-state index contributed by atoms with van der Waals surface area (Å²) in [5, 5.41) is 8.87. The van der Waals surface area contributed by atoms with Crippen molar-refractivity contribution in [3.8, 4) is 11.8 Å². The minimum absolute atomic E-state index is 0.0354. The van der Waals surface area contributed by atoms with Crippen LogP contribution in [0.15, 0.2) is 41.5 Å². The van der Waals surface area contributed by atoms with Crippen LogP contribution in [0.1, 0.15) is 5.56 Å². The average Bonchev–Trinajstić information content (AvgIpc) is 2.43. The molecule has 0 fully saturated rings. The number of fused-ring (bicyclic) bond motifs is 1. The Balaban J connectivity index is 2.32. The van der Waals surface area contributed by atoms with Crippen molar-refractivity contribution in [2.75, 3.05) is 13.7 Å². The maximum absolute atomic E-state index is 11.3. The van der Waals surface area contributed by atoms with Gasteiger partial charge in [-0.3, -0.25) is 0 Å². The molecule has 0 N–H and O–H groups in total. The Kier molecular flexibility index (Phi) is 3.44. The molecule has 0 saturated carbocycles. The molecule has 1 aliphatic rings. The molecule has 90 valence electrons. The molecule has 0 saturated heterocycles. The van der Waals surface area contributed by atoms with Gasteiger partial charge >= 0.3 is 5.97 Å². The molecule has 0 aliphatic carbocycles. The number of methoxy groups -OCH3 is 1. The van der Waals surface area contributed by atoms with Gasteiger partial charge in [-0.15, -0.1) is 0 Å². The molecule has 4 heteroatoms. The largest absolute Gasteiger partial charge is 0.488 e. The Bertz CT molecular complexity index is 579. The minimum atomic E-state index is -0.641. The van der Waals surface area contributed by atoms with Crippen LogP contribution in [0.2, 0.25) is 0 Å². The molecule has 1 heterocycles. The van der Waals surface area contributed by atoms with E-state index in [4.69, 9.17) is 10.00 Å². The summed E-state index contributed by atoms with van der Waals surface area (Å²) in [6, 6.07) is 9.39. The molecule has 18 heavy (non-hydrogen) atoms. The number of carbonyl (C=O) groups is 1. The summed E-state index contributed by atoms with van der Waals surface area (Å²) in [4.78, 5) is 11.3. The normalized spacial score (nSPS) is 13.8. The highest BCUT2D eigenvalue weighted by Crippen LogP contribution is 2.26. The topological polar surface area (TPSA) is 59.3 Å². The standard InChI is InChI=1S/C14H11NO3/c1-17-14(16)12(8-15)7-10-6-11-4-2-3-5-13(11)18-9-10/h2-7H,9H2,1H3. The number of esters is 1. The predicted octanol–water partition coefficient (Wildman–Crippen LogP) is 2.09. The molecule has 4 nitrogen and oxygen atoms in total. The first kappa shape index (κ1) is 11.9. The highest BCUT2D eigenvalue weighted by Gasteiger charge is 2.13. The summed E-state index contributed by atoms with van der Waals surface area (Å²) >= 11 is 0. The molecule has 0 amide bonds. The first-order chi connectivity index (χ1) is 8.74. The van der Waals surface area contributed by atoms with Crippen molar-refractivity contribution in [3.63, 3.8) is 0 Å². The van der Waals surface area contributed by atoms with E-state index in [1.165, 1.54) is 13.2 Å². The van der Waals surface area contributed by atoms with Crippen molar-refractivity contribution in [1.29, 1.82) is 5.26 Å². The molecule has 0 radical (unpaired) electrons. The third-order valence-corrected chi connectivity index (χ3v) is 2.51. The number of nitriles is 1. The Labute approximate surface area is 105 Å². The van der Waals surface area contributed by atoms with E-state index in [0.29, 0.717) is 6.61 Å². The SMILES string of the molecule is COC(=O)C(C#N)=CC1=Cc2ccccc2OC1. The lowest BCUT2D eigenvalue weighted by molar-refractivity contribution is -0.135. The molecule has 1 aromatic carbocycles. The molecule has 0 unspecified atom stereocenters. The summed E-state index contributed by atoms with van der Waals surface area (Å²) in [6.45, 7) is 0.333. The summed E-state index contributed by atoms with van der Waals surface area (Å²) in [6.07, 6.45) is 3.38. The lowest BCUT2D eigenvalue weighted by Gasteiger charge is -2.15. The first-order valence-electron chi connectivity index (χ1n) is 5.37. The predicted molar refractivity (Wildman–Crippen MR) is 65.6 cm³/mol. The van der Waals surface area contributed by atoms with Gasteiger partial charge in [-0.2, -0.15) is 5.26 Å². The van der Waals surface area contributed by atoms with Crippen molar-refractivity contribution >= 4 is 12.0 Å². The number of rotatable bonds is 2. The van der Waals surface area contributed by atoms with Gasteiger partial charge in [0.1, 0.15) is 24.0 Å². The third-order valence-electron chi connectivity index (χ3n) is 2.51. The van der Waals surface area contributed by atoms with Crippen LogP contribution in [0.3, 0.4) is 0 Å². The maximum atomic E-state index is 11.3. The lowest BCUT2D eigenvalue weighted by atomic mass is 10.1. The second-order valence-electron chi connectivity index (χ2n) is 3.71. The van der Waals surface area contributed by atoms with Gasteiger partial charge in [0, 0.05) is 5.56 Å². The van der Waals surface area contributed by atoms with E-state index in [0.717, 1.165) is 16.9 Å². The summed E-state index contributed by atoms with van der Waals surface area (Å²) in [5.74, 6) is 0.156. The van der Waals surface area contributed by atoms with Gasteiger partial charge in [-0.1, -0.05) is 18.2 Å². The van der Waals surface area contributed by atoms with Crippen LogP contribution in [-0.4, -0.2) is 19.7 Å². The zero-order valence-electron chi connectivity index (χ0n) is 9.84. The van der Waals surface area contributed by atoms with Crippen LogP contribution >= 0.6 is 0 Å².